The van der Waals surface area contributed by atoms with E-state index in [0.29, 0.717) is 0 Å². The Hall–Kier alpha value is -0.160. The molecule has 1 saturated heterocycles. The number of hydrogen-bond donors (Lipinski definition) is 1. The first-order valence-electron chi connectivity index (χ1n) is 5.87. The second-order valence-corrected chi connectivity index (χ2v) is 5.45. The molecule has 1 spiro atoms. The average Bonchev–Trinajstić information content (AvgIpc) is 3.02. The maximum absolute atomic E-state index is 10.0. The van der Waals surface area contributed by atoms with Gasteiger partial charge in [0.2, 0.25) is 0 Å². The molecule has 0 aromatic heterocycles. The van der Waals surface area contributed by atoms with E-state index in [4.69, 9.17) is 14.2 Å². The van der Waals surface area contributed by atoms with E-state index in [2.05, 4.69) is 0 Å². The van der Waals surface area contributed by atoms with Crippen molar-refractivity contribution in [2.24, 2.45) is 5.92 Å². The third kappa shape index (κ3) is 1.78. The zero-order valence-electron chi connectivity index (χ0n) is 10.5. The van der Waals surface area contributed by atoms with Crippen LogP contribution in [-0.4, -0.2) is 49.3 Å². The van der Waals surface area contributed by atoms with Crippen molar-refractivity contribution in [1.29, 1.82) is 0 Å². The van der Waals surface area contributed by atoms with Gasteiger partial charge in [-0.05, 0) is 26.7 Å². The maximum Gasteiger partial charge on any atom is 0.0998 e. The predicted octanol–water partition coefficient (Wildman–Crippen LogP) is 0.966. The van der Waals surface area contributed by atoms with E-state index >= 15 is 0 Å². The maximum atomic E-state index is 10.0. The van der Waals surface area contributed by atoms with Gasteiger partial charge in [-0.1, -0.05) is 0 Å². The fourth-order valence-electron chi connectivity index (χ4n) is 3.10. The third-order valence-corrected chi connectivity index (χ3v) is 4.20. The summed E-state index contributed by atoms with van der Waals surface area (Å²) < 4.78 is 16.7. The first kappa shape index (κ1) is 12.3. The molecule has 4 atom stereocenters. The van der Waals surface area contributed by atoms with Crippen molar-refractivity contribution in [3.63, 3.8) is 0 Å². The summed E-state index contributed by atoms with van der Waals surface area (Å²) in [5.41, 5.74) is -0.474. The molecule has 1 aliphatic heterocycles. The first-order chi connectivity index (χ1) is 7.47. The molecule has 94 valence electrons. The van der Waals surface area contributed by atoms with E-state index < -0.39 is 6.10 Å². The molecular weight excluding hydrogens is 208 g/mol. The monoisotopic (exact) mass is 230 g/mol. The van der Waals surface area contributed by atoms with Crippen LogP contribution in [0.2, 0.25) is 0 Å². The van der Waals surface area contributed by atoms with Gasteiger partial charge in [-0.2, -0.15) is 0 Å². The normalized spacial score (nSPS) is 43.7. The number of aliphatic hydroxyl groups is 1. The van der Waals surface area contributed by atoms with Gasteiger partial charge >= 0.3 is 0 Å². The summed E-state index contributed by atoms with van der Waals surface area (Å²) in [4.78, 5) is 0. The van der Waals surface area contributed by atoms with Crippen molar-refractivity contribution in [1.82, 2.24) is 0 Å². The van der Waals surface area contributed by atoms with Crippen LogP contribution in [0.15, 0.2) is 0 Å². The molecule has 1 saturated carbocycles. The fourth-order valence-corrected chi connectivity index (χ4v) is 3.10. The highest BCUT2D eigenvalue weighted by Crippen LogP contribution is 2.51. The number of methoxy groups -OCH3 is 2. The molecule has 0 radical (unpaired) electrons. The molecule has 0 aromatic rings. The lowest BCUT2D eigenvalue weighted by molar-refractivity contribution is -0.166. The summed E-state index contributed by atoms with van der Waals surface area (Å²) in [6, 6.07) is 0. The summed E-state index contributed by atoms with van der Waals surface area (Å²) in [5.74, 6) is 0.0822. The van der Waals surface area contributed by atoms with Crippen molar-refractivity contribution in [3.05, 3.63) is 0 Å². The summed E-state index contributed by atoms with van der Waals surface area (Å²) in [6.45, 7) is 4.83. The predicted molar refractivity (Wildman–Crippen MR) is 59.3 cm³/mol. The van der Waals surface area contributed by atoms with Gasteiger partial charge in [0.1, 0.15) is 0 Å². The molecule has 1 heterocycles. The first-order valence-corrected chi connectivity index (χ1v) is 5.87. The van der Waals surface area contributed by atoms with Gasteiger partial charge in [0.25, 0.3) is 0 Å². The fraction of sp³-hybridized carbons (Fsp3) is 1.00. The lowest BCUT2D eigenvalue weighted by Crippen LogP contribution is -2.57. The number of hydrogen-bond acceptors (Lipinski definition) is 4. The highest BCUT2D eigenvalue weighted by Gasteiger charge is 2.63. The number of ether oxygens (including phenoxy) is 3. The van der Waals surface area contributed by atoms with Crippen molar-refractivity contribution >= 4 is 0 Å². The molecule has 0 bridgehead atoms. The minimum atomic E-state index is -0.417. The van der Waals surface area contributed by atoms with Crippen LogP contribution >= 0.6 is 0 Å². The Labute approximate surface area is 96.9 Å². The van der Waals surface area contributed by atoms with Gasteiger partial charge in [0.05, 0.1) is 30.0 Å². The number of aliphatic hydroxyl groups excluding tert-OH is 1. The zero-order chi connectivity index (χ0) is 12.0. The Morgan fingerprint density at radius 2 is 2.00 bits per heavy atom. The Balaban J connectivity index is 2.27. The molecule has 0 amide bonds. The Bertz CT molecular complexity index is 258. The van der Waals surface area contributed by atoms with Crippen molar-refractivity contribution in [3.8, 4) is 0 Å². The van der Waals surface area contributed by atoms with Crippen molar-refractivity contribution in [2.75, 3.05) is 20.8 Å². The average molecular weight is 230 g/mol. The van der Waals surface area contributed by atoms with E-state index in [-0.39, 0.29) is 23.2 Å². The summed E-state index contributed by atoms with van der Waals surface area (Å²) in [6.07, 6.45) is 1.02. The van der Waals surface area contributed by atoms with Gasteiger partial charge in [0.15, 0.2) is 0 Å². The smallest absolute Gasteiger partial charge is 0.0998 e. The molecule has 1 N–H and O–H groups in total. The number of rotatable bonds is 3. The molecule has 0 unspecified atom stereocenters. The quantitative estimate of drug-likeness (QED) is 0.734. The Morgan fingerprint density at radius 3 is 2.44 bits per heavy atom. The zero-order valence-corrected chi connectivity index (χ0v) is 10.5. The molecule has 2 fully saturated rings. The van der Waals surface area contributed by atoms with Gasteiger partial charge in [0, 0.05) is 20.1 Å². The van der Waals surface area contributed by atoms with Gasteiger partial charge in [-0.15, -0.1) is 0 Å². The molecule has 16 heavy (non-hydrogen) atoms. The van der Waals surface area contributed by atoms with Crippen LogP contribution in [0.3, 0.4) is 0 Å². The minimum absolute atomic E-state index is 0.0822. The molecule has 1 aliphatic carbocycles. The second kappa shape index (κ2) is 3.95. The second-order valence-electron chi connectivity index (χ2n) is 5.45. The van der Waals surface area contributed by atoms with Crippen LogP contribution in [0, 0.1) is 5.92 Å². The number of epoxide rings is 1. The minimum Gasteiger partial charge on any atom is -0.390 e. The lowest BCUT2D eigenvalue weighted by Gasteiger charge is -2.46. The topological polar surface area (TPSA) is 51.2 Å². The third-order valence-electron chi connectivity index (χ3n) is 4.20. The molecule has 2 rings (SSSR count). The van der Waals surface area contributed by atoms with Crippen molar-refractivity contribution < 1.29 is 19.3 Å². The van der Waals surface area contributed by atoms with Crippen LogP contribution in [-0.2, 0) is 14.2 Å². The van der Waals surface area contributed by atoms with E-state index in [1.807, 2.05) is 13.8 Å². The molecule has 0 aromatic carbocycles. The van der Waals surface area contributed by atoms with Crippen molar-refractivity contribution in [2.45, 2.75) is 50.1 Å². The summed E-state index contributed by atoms with van der Waals surface area (Å²) in [5, 5.41) is 10.0. The van der Waals surface area contributed by atoms with E-state index in [9.17, 15) is 5.11 Å². The van der Waals surface area contributed by atoms with E-state index in [1.165, 1.54) is 0 Å². The molecular formula is C12H22O4. The Morgan fingerprint density at radius 1 is 1.38 bits per heavy atom. The Kier molecular flexibility index (Phi) is 3.03. The van der Waals surface area contributed by atoms with Gasteiger partial charge in [-0.25, -0.2) is 0 Å². The van der Waals surface area contributed by atoms with Gasteiger partial charge < -0.3 is 19.3 Å². The highest BCUT2D eigenvalue weighted by molar-refractivity contribution is 5.11. The van der Waals surface area contributed by atoms with Crippen LogP contribution in [0.25, 0.3) is 0 Å². The van der Waals surface area contributed by atoms with E-state index in [1.54, 1.807) is 14.2 Å². The molecule has 4 nitrogen and oxygen atoms in total. The van der Waals surface area contributed by atoms with Crippen LogP contribution in [0.5, 0.6) is 0 Å². The van der Waals surface area contributed by atoms with Crippen LogP contribution in [0.1, 0.15) is 26.7 Å². The standard InChI is InChI=1S/C12H22O4/c1-11(2,15-4)10-9(14-3)8(13)5-6-12(10)7-16-12/h8-10,13H,5-7H2,1-4H3/t8-,9-,10-,12+/m1/s1. The lowest BCUT2D eigenvalue weighted by atomic mass is 9.68. The largest absolute Gasteiger partial charge is 0.390 e. The van der Waals surface area contributed by atoms with Gasteiger partial charge in [-0.3, -0.25) is 0 Å². The molecule has 2 aliphatic rings. The highest BCUT2D eigenvalue weighted by atomic mass is 16.6. The SMILES string of the molecule is CO[C@@H]1[C@H](O)CC[C@]2(CO2)[C@H]1C(C)(C)OC. The van der Waals surface area contributed by atoms with Crippen LogP contribution < -0.4 is 0 Å². The summed E-state index contributed by atoms with van der Waals surface area (Å²) >= 11 is 0. The molecule has 4 heteroatoms. The van der Waals surface area contributed by atoms with Crippen LogP contribution in [0.4, 0.5) is 0 Å². The summed E-state index contributed by atoms with van der Waals surface area (Å²) in [7, 11) is 3.35. The van der Waals surface area contributed by atoms with E-state index in [0.717, 1.165) is 19.4 Å².